The van der Waals surface area contributed by atoms with Gasteiger partial charge < -0.3 is 10.1 Å². The highest BCUT2D eigenvalue weighted by Gasteiger charge is 2.09. The van der Waals surface area contributed by atoms with Gasteiger partial charge in [0.25, 0.3) is 0 Å². The molecule has 2 heterocycles. The van der Waals surface area contributed by atoms with Crippen molar-refractivity contribution in [1.82, 2.24) is 15.0 Å². The Balaban J connectivity index is 2.10. The molecule has 96 valence electrons. The van der Waals surface area contributed by atoms with Gasteiger partial charge >= 0.3 is 0 Å². The number of anilines is 1. The van der Waals surface area contributed by atoms with Crippen LogP contribution in [0.1, 0.15) is 9.88 Å². The number of nitrogens with zero attached hydrogens (tertiary/aromatic N) is 3. The third-order valence-electron chi connectivity index (χ3n) is 2.41. The Bertz CT molecular complexity index is 509. The third kappa shape index (κ3) is 3.02. The van der Waals surface area contributed by atoms with E-state index in [1.165, 1.54) is 4.88 Å². The van der Waals surface area contributed by atoms with Crippen molar-refractivity contribution in [2.45, 2.75) is 13.8 Å². The fourth-order valence-corrected chi connectivity index (χ4v) is 2.42. The molecule has 0 aliphatic rings. The van der Waals surface area contributed by atoms with Crippen molar-refractivity contribution in [2.24, 2.45) is 0 Å². The Kier molecular flexibility index (Phi) is 4.22. The van der Waals surface area contributed by atoms with E-state index < -0.39 is 0 Å². The minimum Gasteiger partial charge on any atom is -0.383 e. The van der Waals surface area contributed by atoms with E-state index in [0.717, 1.165) is 28.8 Å². The molecule has 2 aromatic rings. The second kappa shape index (κ2) is 5.88. The highest BCUT2D eigenvalue weighted by Crippen LogP contribution is 2.25. The molecule has 0 fully saturated rings. The maximum absolute atomic E-state index is 4.96. The quantitative estimate of drug-likeness (QED) is 0.839. The second-order valence-corrected chi connectivity index (χ2v) is 5.25. The van der Waals surface area contributed by atoms with Crippen molar-refractivity contribution in [2.75, 3.05) is 25.6 Å². The largest absolute Gasteiger partial charge is 0.383 e. The van der Waals surface area contributed by atoms with Gasteiger partial charge in [-0.1, -0.05) is 0 Å². The van der Waals surface area contributed by atoms with Gasteiger partial charge in [-0.2, -0.15) is 0 Å². The summed E-state index contributed by atoms with van der Waals surface area (Å²) < 4.78 is 4.96. The zero-order valence-electron chi connectivity index (χ0n) is 10.7. The van der Waals surface area contributed by atoms with Crippen LogP contribution in [0.5, 0.6) is 0 Å². The highest BCUT2D eigenvalue weighted by molar-refractivity contribution is 7.11. The molecule has 0 radical (unpaired) electrons. The molecule has 2 rings (SSSR count). The van der Waals surface area contributed by atoms with Crippen LogP contribution in [0.15, 0.2) is 12.4 Å². The van der Waals surface area contributed by atoms with E-state index in [1.807, 2.05) is 13.8 Å². The first kappa shape index (κ1) is 12.9. The van der Waals surface area contributed by atoms with Crippen molar-refractivity contribution in [3.63, 3.8) is 0 Å². The van der Waals surface area contributed by atoms with Crippen LogP contribution in [0.3, 0.4) is 0 Å². The summed E-state index contributed by atoms with van der Waals surface area (Å²) in [6.07, 6.45) is 3.47. The molecule has 0 aliphatic heterocycles. The zero-order valence-corrected chi connectivity index (χ0v) is 11.5. The Hall–Kier alpha value is -1.53. The molecule has 0 bridgehead atoms. The van der Waals surface area contributed by atoms with E-state index in [9.17, 15) is 0 Å². The molecule has 0 saturated carbocycles. The Morgan fingerprint density at radius 3 is 2.67 bits per heavy atom. The molecule has 0 atom stereocenters. The number of rotatable bonds is 5. The summed E-state index contributed by atoms with van der Waals surface area (Å²) in [5.41, 5.74) is 1.74. The molecule has 2 aromatic heterocycles. The van der Waals surface area contributed by atoms with Crippen molar-refractivity contribution in [3.8, 4) is 11.4 Å². The van der Waals surface area contributed by atoms with Gasteiger partial charge in [-0.15, -0.1) is 11.3 Å². The minimum atomic E-state index is 0.647. The van der Waals surface area contributed by atoms with Crippen LogP contribution in [-0.2, 0) is 4.74 Å². The maximum Gasteiger partial charge on any atom is 0.144 e. The lowest BCUT2D eigenvalue weighted by molar-refractivity contribution is 0.210. The normalized spacial score (nSPS) is 10.6. The Labute approximate surface area is 110 Å². The summed E-state index contributed by atoms with van der Waals surface area (Å²) in [5.74, 6) is 0.750. The molecular weight excluding hydrogens is 248 g/mol. The molecule has 18 heavy (non-hydrogen) atoms. The van der Waals surface area contributed by atoms with Gasteiger partial charge in [-0.05, 0) is 13.8 Å². The molecule has 5 nitrogen and oxygen atoms in total. The topological polar surface area (TPSA) is 59.9 Å². The van der Waals surface area contributed by atoms with Crippen LogP contribution in [0.2, 0.25) is 0 Å². The molecule has 0 saturated heterocycles. The molecule has 0 spiro atoms. The highest BCUT2D eigenvalue weighted by atomic mass is 32.1. The van der Waals surface area contributed by atoms with E-state index >= 15 is 0 Å². The van der Waals surface area contributed by atoms with E-state index in [-0.39, 0.29) is 0 Å². The van der Waals surface area contributed by atoms with Gasteiger partial charge in [-0.3, -0.25) is 0 Å². The van der Waals surface area contributed by atoms with Crippen molar-refractivity contribution < 1.29 is 4.74 Å². The lowest BCUT2D eigenvalue weighted by atomic mass is 10.3. The van der Waals surface area contributed by atoms with Crippen molar-refractivity contribution in [1.29, 1.82) is 0 Å². The summed E-state index contributed by atoms with van der Waals surface area (Å²) >= 11 is 1.67. The summed E-state index contributed by atoms with van der Waals surface area (Å²) in [6.45, 7) is 5.41. The summed E-state index contributed by atoms with van der Waals surface area (Å²) in [7, 11) is 1.67. The Morgan fingerprint density at radius 1 is 1.28 bits per heavy atom. The van der Waals surface area contributed by atoms with Crippen LogP contribution >= 0.6 is 11.3 Å². The molecule has 6 heteroatoms. The van der Waals surface area contributed by atoms with E-state index in [1.54, 1.807) is 30.8 Å². The van der Waals surface area contributed by atoms with Crippen LogP contribution in [0.4, 0.5) is 5.82 Å². The summed E-state index contributed by atoms with van der Waals surface area (Å²) in [4.78, 5) is 14.3. The summed E-state index contributed by atoms with van der Waals surface area (Å²) in [6, 6.07) is 0. The van der Waals surface area contributed by atoms with Gasteiger partial charge in [0.1, 0.15) is 17.2 Å². The van der Waals surface area contributed by atoms with Gasteiger partial charge in [-0.25, -0.2) is 15.0 Å². The average molecular weight is 264 g/mol. The number of ether oxygens (including phenoxy) is 1. The first-order valence-electron chi connectivity index (χ1n) is 5.70. The third-order valence-corrected chi connectivity index (χ3v) is 3.30. The molecule has 0 aromatic carbocycles. The van der Waals surface area contributed by atoms with Crippen LogP contribution in [0, 0.1) is 13.8 Å². The molecule has 0 unspecified atom stereocenters. The monoisotopic (exact) mass is 264 g/mol. The van der Waals surface area contributed by atoms with E-state index in [4.69, 9.17) is 4.74 Å². The second-order valence-electron chi connectivity index (χ2n) is 3.84. The number of hydrogen-bond acceptors (Lipinski definition) is 6. The predicted octanol–water partition coefficient (Wildman–Crippen LogP) is 2.28. The SMILES string of the molecule is COCCNc1cnc(-c2nc(C)sc2C)cn1. The number of aromatic nitrogens is 3. The number of thiazole rings is 1. The van der Waals surface area contributed by atoms with Crippen LogP contribution in [0.25, 0.3) is 11.4 Å². The molecule has 0 amide bonds. The predicted molar refractivity (Wildman–Crippen MR) is 73.0 cm³/mol. The first-order valence-corrected chi connectivity index (χ1v) is 6.51. The van der Waals surface area contributed by atoms with Gasteiger partial charge in [0.2, 0.25) is 0 Å². The molecule has 0 aliphatic carbocycles. The smallest absolute Gasteiger partial charge is 0.144 e. The summed E-state index contributed by atoms with van der Waals surface area (Å²) in [5, 5.41) is 4.18. The van der Waals surface area contributed by atoms with Crippen LogP contribution in [-0.4, -0.2) is 35.2 Å². The van der Waals surface area contributed by atoms with Crippen molar-refractivity contribution in [3.05, 3.63) is 22.3 Å². The average Bonchev–Trinajstić information content (AvgIpc) is 2.70. The lowest BCUT2D eigenvalue weighted by Gasteiger charge is -2.04. The Morgan fingerprint density at radius 2 is 2.11 bits per heavy atom. The minimum absolute atomic E-state index is 0.647. The fraction of sp³-hybridized carbons (Fsp3) is 0.417. The number of nitrogens with one attached hydrogen (secondary N) is 1. The first-order chi connectivity index (χ1) is 8.70. The van der Waals surface area contributed by atoms with E-state index in [0.29, 0.717) is 6.61 Å². The van der Waals surface area contributed by atoms with Gasteiger partial charge in [0.15, 0.2) is 0 Å². The maximum atomic E-state index is 4.96. The van der Waals surface area contributed by atoms with Crippen molar-refractivity contribution >= 4 is 17.2 Å². The number of methoxy groups -OCH3 is 1. The fourth-order valence-electron chi connectivity index (χ4n) is 1.59. The van der Waals surface area contributed by atoms with Gasteiger partial charge in [0.05, 0.1) is 24.0 Å². The van der Waals surface area contributed by atoms with Crippen LogP contribution < -0.4 is 5.32 Å². The molecular formula is C12H16N4OS. The lowest BCUT2D eigenvalue weighted by Crippen LogP contribution is -2.09. The number of hydrogen-bond donors (Lipinski definition) is 1. The molecule has 1 N–H and O–H groups in total. The standard InChI is InChI=1S/C12H16N4OS/c1-8-12(16-9(2)18-8)10-6-15-11(7-14-10)13-4-5-17-3/h6-7H,4-5H2,1-3H3,(H,13,15). The van der Waals surface area contributed by atoms with E-state index in [2.05, 4.69) is 20.3 Å². The van der Waals surface area contributed by atoms with Gasteiger partial charge in [0, 0.05) is 18.5 Å². The number of aryl methyl sites for hydroxylation is 2. The zero-order chi connectivity index (χ0) is 13.0.